The summed E-state index contributed by atoms with van der Waals surface area (Å²) in [6.07, 6.45) is 2.52. The Morgan fingerprint density at radius 3 is 2.74 bits per heavy atom. The molecular weight excluding hydrogens is 641 g/mol. The summed E-state index contributed by atoms with van der Waals surface area (Å²) >= 11 is 6.61. The minimum absolute atomic E-state index is 0.174. The summed E-state index contributed by atoms with van der Waals surface area (Å²) in [6.45, 7) is 1.39. The first-order chi connectivity index (χ1) is 18.7. The molecular formula is C26H20Br2FN5O5. The van der Waals surface area contributed by atoms with Gasteiger partial charge in [0.05, 0.1) is 26.5 Å². The van der Waals surface area contributed by atoms with Crippen molar-refractivity contribution in [2.75, 3.05) is 11.9 Å². The topological polar surface area (TPSA) is 129 Å². The molecule has 4 aromatic rings. The highest BCUT2D eigenvalue weighted by Gasteiger charge is 2.21. The number of nitrogens with zero attached hydrogens (tertiary/aromatic N) is 4. The minimum atomic E-state index is -0.661. The van der Waals surface area contributed by atoms with Crippen molar-refractivity contribution in [3.63, 3.8) is 0 Å². The van der Waals surface area contributed by atoms with E-state index in [1.807, 2.05) is 6.92 Å². The molecule has 0 bridgehead atoms. The molecule has 200 valence electrons. The van der Waals surface area contributed by atoms with Crippen molar-refractivity contribution in [1.29, 1.82) is 0 Å². The summed E-state index contributed by atoms with van der Waals surface area (Å²) in [5.41, 5.74) is 0.259. The fourth-order valence-electron chi connectivity index (χ4n) is 3.68. The number of benzene rings is 3. The van der Waals surface area contributed by atoms with Crippen LogP contribution in [0, 0.1) is 15.9 Å². The number of anilines is 1. The largest absolute Gasteiger partial charge is 0.476 e. The van der Waals surface area contributed by atoms with Crippen LogP contribution in [0.4, 0.5) is 15.8 Å². The van der Waals surface area contributed by atoms with Gasteiger partial charge in [-0.1, -0.05) is 28.9 Å². The third-order valence-electron chi connectivity index (χ3n) is 5.37. The Morgan fingerprint density at radius 2 is 2.03 bits per heavy atom. The van der Waals surface area contributed by atoms with Crippen LogP contribution in [0.1, 0.15) is 24.7 Å². The normalized spacial score (nSPS) is 11.2. The van der Waals surface area contributed by atoms with Crippen LogP contribution in [0.3, 0.4) is 0 Å². The Balaban J connectivity index is 1.62. The number of amides is 1. The first-order valence-corrected chi connectivity index (χ1v) is 13.2. The molecule has 0 aliphatic heterocycles. The van der Waals surface area contributed by atoms with Crippen LogP contribution >= 0.6 is 31.9 Å². The molecule has 39 heavy (non-hydrogen) atoms. The van der Waals surface area contributed by atoms with E-state index in [4.69, 9.17) is 4.74 Å². The lowest BCUT2D eigenvalue weighted by Crippen LogP contribution is -2.22. The van der Waals surface area contributed by atoms with Gasteiger partial charge in [-0.05, 0) is 64.8 Å². The van der Waals surface area contributed by atoms with E-state index in [0.29, 0.717) is 33.2 Å². The summed E-state index contributed by atoms with van der Waals surface area (Å²) < 4.78 is 20.9. The highest BCUT2D eigenvalue weighted by atomic mass is 79.9. The second kappa shape index (κ2) is 12.3. The molecule has 10 nitrogen and oxygen atoms in total. The van der Waals surface area contributed by atoms with Crippen molar-refractivity contribution in [1.82, 2.24) is 9.66 Å². The molecule has 0 spiro atoms. The third kappa shape index (κ3) is 6.73. The van der Waals surface area contributed by atoms with Crippen LogP contribution in [0.25, 0.3) is 10.9 Å². The fraction of sp³-hybridized carbons (Fsp3) is 0.154. The SMILES string of the molecule is CCCc1nc2ccc(Br)cc2c(=O)n1N=Cc1cc(Br)c(OCC(=O)Nc2cccc(F)c2)c([N+](=O)[O-])c1. The Morgan fingerprint density at radius 1 is 1.23 bits per heavy atom. The van der Waals surface area contributed by atoms with E-state index in [2.05, 4.69) is 47.3 Å². The Labute approximate surface area is 237 Å². The fourth-order valence-corrected chi connectivity index (χ4v) is 4.62. The average Bonchev–Trinajstić information content (AvgIpc) is 2.88. The van der Waals surface area contributed by atoms with Crippen molar-refractivity contribution in [2.24, 2.45) is 5.10 Å². The number of aromatic nitrogens is 2. The second-order valence-electron chi connectivity index (χ2n) is 8.26. The van der Waals surface area contributed by atoms with Crippen LogP contribution in [0.2, 0.25) is 0 Å². The van der Waals surface area contributed by atoms with Crippen LogP contribution in [0.5, 0.6) is 5.75 Å². The van der Waals surface area contributed by atoms with Gasteiger partial charge in [0.25, 0.3) is 11.5 Å². The number of rotatable bonds is 9. The van der Waals surface area contributed by atoms with Gasteiger partial charge in [-0.25, -0.2) is 9.37 Å². The maximum atomic E-state index is 13.3. The number of carbonyl (C=O) groups is 1. The lowest BCUT2D eigenvalue weighted by Gasteiger charge is -2.11. The number of halogens is 3. The Kier molecular flexibility index (Phi) is 8.82. The van der Waals surface area contributed by atoms with Gasteiger partial charge in [-0.15, -0.1) is 0 Å². The van der Waals surface area contributed by atoms with Gasteiger partial charge < -0.3 is 10.1 Å². The molecule has 0 aliphatic carbocycles. The highest BCUT2D eigenvalue weighted by molar-refractivity contribution is 9.10. The maximum Gasteiger partial charge on any atom is 0.312 e. The molecule has 4 rings (SSSR count). The molecule has 1 N–H and O–H groups in total. The molecule has 1 aromatic heterocycles. The van der Waals surface area contributed by atoms with Gasteiger partial charge in [0.15, 0.2) is 6.61 Å². The number of ether oxygens (including phenoxy) is 1. The highest BCUT2D eigenvalue weighted by Crippen LogP contribution is 2.36. The number of nitro groups is 1. The van der Waals surface area contributed by atoms with Gasteiger partial charge in [0.2, 0.25) is 5.75 Å². The van der Waals surface area contributed by atoms with Crippen molar-refractivity contribution in [3.05, 3.63) is 101 Å². The van der Waals surface area contributed by atoms with Gasteiger partial charge in [0, 0.05) is 28.2 Å². The molecule has 0 atom stereocenters. The monoisotopic (exact) mass is 659 g/mol. The first kappa shape index (κ1) is 28.0. The number of carbonyl (C=O) groups excluding carboxylic acids is 1. The number of nitro benzene ring substituents is 1. The van der Waals surface area contributed by atoms with Crippen molar-refractivity contribution in [2.45, 2.75) is 19.8 Å². The predicted octanol–water partition coefficient (Wildman–Crippen LogP) is 5.82. The van der Waals surface area contributed by atoms with E-state index in [1.165, 1.54) is 41.2 Å². The van der Waals surface area contributed by atoms with Crippen molar-refractivity contribution < 1.29 is 18.8 Å². The van der Waals surface area contributed by atoms with E-state index in [9.17, 15) is 24.1 Å². The number of hydrogen-bond acceptors (Lipinski definition) is 7. The molecule has 3 aromatic carbocycles. The zero-order chi connectivity index (χ0) is 28.1. The summed E-state index contributed by atoms with van der Waals surface area (Å²) in [4.78, 5) is 41.1. The lowest BCUT2D eigenvalue weighted by molar-refractivity contribution is -0.385. The first-order valence-electron chi connectivity index (χ1n) is 11.6. The molecule has 1 heterocycles. The van der Waals surface area contributed by atoms with Gasteiger partial charge in [0.1, 0.15) is 11.6 Å². The molecule has 0 aliphatic rings. The third-order valence-corrected chi connectivity index (χ3v) is 6.45. The molecule has 0 saturated heterocycles. The molecule has 0 radical (unpaired) electrons. The molecule has 1 amide bonds. The quantitative estimate of drug-likeness (QED) is 0.137. The minimum Gasteiger partial charge on any atom is -0.476 e. The number of fused-ring (bicyclic) bond motifs is 1. The van der Waals surface area contributed by atoms with E-state index in [1.54, 1.807) is 18.2 Å². The van der Waals surface area contributed by atoms with Crippen LogP contribution in [-0.4, -0.2) is 33.3 Å². The van der Waals surface area contributed by atoms with Gasteiger partial charge in [-0.3, -0.25) is 19.7 Å². The molecule has 0 unspecified atom stereocenters. The average molecular weight is 661 g/mol. The number of aryl methyl sites for hydroxylation is 1. The van der Waals surface area contributed by atoms with E-state index < -0.39 is 28.9 Å². The standard InChI is InChI=1S/C26H20Br2FN5O5/c1-2-4-23-32-21-8-7-16(27)11-19(21)26(36)33(23)30-13-15-9-20(28)25(22(10-15)34(37)38)39-14-24(35)31-18-6-3-5-17(29)12-18/h3,5-13H,2,4,14H2,1H3,(H,31,35). The van der Waals surface area contributed by atoms with Crippen LogP contribution in [-0.2, 0) is 11.2 Å². The van der Waals surface area contributed by atoms with Crippen molar-refractivity contribution in [3.8, 4) is 5.75 Å². The van der Waals surface area contributed by atoms with E-state index in [-0.39, 0.29) is 21.5 Å². The molecule has 0 saturated carbocycles. The van der Waals surface area contributed by atoms with E-state index in [0.717, 1.165) is 12.5 Å². The summed E-state index contributed by atoms with van der Waals surface area (Å²) in [7, 11) is 0. The molecule has 0 fully saturated rings. The lowest BCUT2D eigenvalue weighted by atomic mass is 10.2. The smallest absolute Gasteiger partial charge is 0.312 e. The molecule has 13 heteroatoms. The predicted molar refractivity (Wildman–Crippen MR) is 152 cm³/mol. The van der Waals surface area contributed by atoms with E-state index >= 15 is 0 Å². The number of nitrogens with one attached hydrogen (secondary N) is 1. The van der Waals surface area contributed by atoms with Crippen LogP contribution < -0.4 is 15.6 Å². The zero-order valence-corrected chi connectivity index (χ0v) is 23.5. The number of hydrogen-bond donors (Lipinski definition) is 1. The Bertz CT molecular complexity index is 1680. The summed E-state index contributed by atoms with van der Waals surface area (Å²) in [6, 6.07) is 13.2. The van der Waals surface area contributed by atoms with Gasteiger partial charge >= 0.3 is 5.69 Å². The van der Waals surface area contributed by atoms with Gasteiger partial charge in [-0.2, -0.15) is 9.78 Å². The Hall–Kier alpha value is -3.97. The second-order valence-corrected chi connectivity index (χ2v) is 10.0. The summed E-state index contributed by atoms with van der Waals surface area (Å²) in [5.74, 6) is -0.884. The maximum absolute atomic E-state index is 13.3. The van der Waals surface area contributed by atoms with Crippen LogP contribution in [0.15, 0.2) is 73.4 Å². The van der Waals surface area contributed by atoms with Crippen molar-refractivity contribution >= 4 is 66.3 Å². The zero-order valence-electron chi connectivity index (χ0n) is 20.4. The summed E-state index contributed by atoms with van der Waals surface area (Å²) in [5, 5.41) is 18.9.